The number of aromatic nitrogens is 1. The van der Waals surface area contributed by atoms with Crippen LogP contribution < -0.4 is 31.5 Å². The zero-order valence-electron chi connectivity index (χ0n) is 31.9. The fraction of sp³-hybridized carbons (Fsp3) is 0.525. The van der Waals surface area contributed by atoms with E-state index in [2.05, 4.69) is 36.5 Å². The summed E-state index contributed by atoms with van der Waals surface area (Å²) in [4.78, 5) is 56.1. The molecule has 6 rings (SSSR count). The molecule has 0 spiro atoms. The highest BCUT2D eigenvalue weighted by Crippen LogP contribution is 2.39. The summed E-state index contributed by atoms with van der Waals surface area (Å²) in [6.45, 7) is 4.89. The number of morpholine rings is 1. The van der Waals surface area contributed by atoms with E-state index in [1.807, 2.05) is 36.0 Å². The first-order valence-electron chi connectivity index (χ1n) is 19.6. The summed E-state index contributed by atoms with van der Waals surface area (Å²) in [6.07, 6.45) is 4.65. The first kappa shape index (κ1) is 42.3. The van der Waals surface area contributed by atoms with E-state index in [1.165, 1.54) is 0 Å². The van der Waals surface area contributed by atoms with Crippen molar-refractivity contribution in [2.75, 3.05) is 76.5 Å². The smallest absolute Gasteiger partial charge is 0.315 e. The molecule has 5 amide bonds. The number of phenolic OH excluding ortho intramolecular Hbond substituents is 1. The number of carbonyl (C=O) groups is 4. The number of anilines is 1. The minimum atomic E-state index is -0.753. The maximum Gasteiger partial charge on any atom is 0.315 e. The number of nitrogens with zero attached hydrogens (tertiary/aromatic N) is 2. The van der Waals surface area contributed by atoms with Gasteiger partial charge in [0.05, 0.1) is 62.8 Å². The average molecular weight is 826 g/mol. The number of fused-ring (bicyclic) bond motifs is 2. The minimum Gasteiger partial charge on any atom is -0.505 e. The standard InChI is InChI=1S/C40H52ClN7O8S/c41-30-24-29(39(52)37-28(30)4-3-13-44-37)36(26-7-9-27(10-8-26)48-16-20-56-21-17-48)46-35(51)12-11-34(50)43-15-19-55-23-22-54-18-14-42-33(49)6-2-1-5-32-38-31(25-57-32)45-40(53)47-38/h3-4,7-10,13,24,31-32,36,38,52H,1-2,5-6,11-12,14-23,25H2,(H,42,49)(H,43,50)(H,46,51)(H2,45,47,53). The normalized spacial score (nSPS) is 19.4. The lowest BCUT2D eigenvalue weighted by molar-refractivity contribution is -0.126. The van der Waals surface area contributed by atoms with Gasteiger partial charge in [0, 0.05) is 79.3 Å². The van der Waals surface area contributed by atoms with Crippen molar-refractivity contribution >= 4 is 63.7 Å². The number of carbonyl (C=O) groups excluding carboxylic acids is 4. The first-order chi connectivity index (χ1) is 27.8. The second kappa shape index (κ2) is 21.4. The Kier molecular flexibility index (Phi) is 15.9. The zero-order valence-corrected chi connectivity index (χ0v) is 33.5. The largest absolute Gasteiger partial charge is 0.505 e. The van der Waals surface area contributed by atoms with Gasteiger partial charge >= 0.3 is 6.03 Å². The van der Waals surface area contributed by atoms with Gasteiger partial charge in [-0.15, -0.1) is 0 Å². The summed E-state index contributed by atoms with van der Waals surface area (Å²) >= 11 is 8.50. The Morgan fingerprint density at radius 2 is 1.65 bits per heavy atom. The topological polar surface area (TPSA) is 192 Å². The fourth-order valence-electron chi connectivity index (χ4n) is 7.22. The van der Waals surface area contributed by atoms with Crippen LogP contribution in [0.15, 0.2) is 48.7 Å². The Hall–Kier alpha value is -4.35. The number of phenols is 1. The van der Waals surface area contributed by atoms with Crippen molar-refractivity contribution in [3.63, 3.8) is 0 Å². The lowest BCUT2D eigenvalue weighted by Crippen LogP contribution is -2.36. The van der Waals surface area contributed by atoms with Crippen LogP contribution in [0.25, 0.3) is 10.9 Å². The SMILES string of the molecule is O=C(CCCCC1SCC2NC(=O)NC21)NCCOCCOCCNC(=O)CCC(=O)NC(c1ccc(N2CCOCC2)cc1)c1cc(Cl)c2cccnc2c1O. The Bertz CT molecular complexity index is 1830. The molecule has 1 aromatic heterocycles. The van der Waals surface area contributed by atoms with Crippen molar-refractivity contribution in [2.24, 2.45) is 0 Å². The van der Waals surface area contributed by atoms with Crippen LogP contribution in [0.1, 0.15) is 55.7 Å². The first-order valence-corrected chi connectivity index (χ1v) is 21.0. The molecule has 15 nitrogen and oxygen atoms in total. The number of hydrogen-bond acceptors (Lipinski definition) is 11. The van der Waals surface area contributed by atoms with Crippen LogP contribution in [-0.4, -0.2) is 123 Å². The van der Waals surface area contributed by atoms with E-state index < -0.39 is 6.04 Å². The van der Waals surface area contributed by atoms with E-state index in [0.717, 1.165) is 49.4 Å². The van der Waals surface area contributed by atoms with E-state index in [1.54, 1.807) is 24.4 Å². The molecular weight excluding hydrogens is 774 g/mol. The van der Waals surface area contributed by atoms with Gasteiger partial charge < -0.3 is 50.8 Å². The monoisotopic (exact) mass is 825 g/mol. The van der Waals surface area contributed by atoms with Gasteiger partial charge in [0.15, 0.2) is 0 Å². The van der Waals surface area contributed by atoms with Crippen molar-refractivity contribution in [1.29, 1.82) is 0 Å². The van der Waals surface area contributed by atoms with Crippen molar-refractivity contribution in [3.05, 3.63) is 64.8 Å². The van der Waals surface area contributed by atoms with Gasteiger partial charge in [-0.2, -0.15) is 11.8 Å². The highest BCUT2D eigenvalue weighted by molar-refractivity contribution is 8.00. The van der Waals surface area contributed by atoms with E-state index in [9.17, 15) is 24.3 Å². The fourth-order valence-corrected chi connectivity index (χ4v) is 9.04. The number of nitrogens with one attached hydrogen (secondary N) is 5. The summed E-state index contributed by atoms with van der Waals surface area (Å²) in [7, 11) is 0. The van der Waals surface area contributed by atoms with Crippen molar-refractivity contribution in [3.8, 4) is 5.75 Å². The van der Waals surface area contributed by atoms with Crippen LogP contribution in [0.4, 0.5) is 10.5 Å². The lowest BCUT2D eigenvalue weighted by atomic mass is 9.95. The summed E-state index contributed by atoms with van der Waals surface area (Å²) in [5.74, 6) is 0.187. The number of thioether (sulfide) groups is 1. The number of halogens is 1. The molecule has 4 unspecified atom stereocenters. The zero-order chi connectivity index (χ0) is 40.0. The molecule has 4 heterocycles. The van der Waals surface area contributed by atoms with Gasteiger partial charge in [0.2, 0.25) is 17.7 Å². The number of urea groups is 1. The van der Waals surface area contributed by atoms with Gasteiger partial charge in [0.1, 0.15) is 11.3 Å². The highest BCUT2D eigenvalue weighted by atomic mass is 35.5. The van der Waals surface area contributed by atoms with Crippen LogP contribution >= 0.6 is 23.4 Å². The molecule has 0 saturated carbocycles. The Balaban J connectivity index is 0.844. The van der Waals surface area contributed by atoms with Crippen molar-refractivity contribution in [2.45, 2.75) is 61.9 Å². The Labute approximate surface area is 341 Å². The molecule has 3 aliphatic rings. The third kappa shape index (κ3) is 12.1. The number of ether oxygens (including phenoxy) is 3. The average Bonchev–Trinajstić information content (AvgIpc) is 3.79. The van der Waals surface area contributed by atoms with E-state index >= 15 is 0 Å². The summed E-state index contributed by atoms with van der Waals surface area (Å²) < 4.78 is 16.6. The number of amides is 5. The van der Waals surface area contributed by atoms with Gasteiger partial charge in [-0.1, -0.05) is 30.2 Å². The molecule has 308 valence electrons. The predicted octanol–water partition coefficient (Wildman–Crippen LogP) is 3.41. The van der Waals surface area contributed by atoms with Gasteiger partial charge in [-0.3, -0.25) is 19.4 Å². The van der Waals surface area contributed by atoms with Crippen LogP contribution in [0, 0.1) is 0 Å². The molecule has 2 aromatic carbocycles. The number of aromatic hydroxyl groups is 1. The molecule has 0 radical (unpaired) electrons. The van der Waals surface area contributed by atoms with Crippen LogP contribution in [-0.2, 0) is 28.6 Å². The van der Waals surface area contributed by atoms with Crippen molar-refractivity contribution in [1.82, 2.24) is 31.6 Å². The molecule has 17 heteroatoms. The van der Waals surface area contributed by atoms with Gasteiger partial charge in [-0.05, 0) is 48.7 Å². The molecule has 0 bridgehead atoms. The Morgan fingerprint density at radius 1 is 0.947 bits per heavy atom. The lowest BCUT2D eigenvalue weighted by Gasteiger charge is -2.29. The van der Waals surface area contributed by atoms with Crippen LogP contribution in [0.5, 0.6) is 5.75 Å². The van der Waals surface area contributed by atoms with Crippen LogP contribution in [0.2, 0.25) is 5.02 Å². The van der Waals surface area contributed by atoms with E-state index in [0.29, 0.717) is 72.7 Å². The number of pyridine rings is 1. The molecule has 4 atom stereocenters. The summed E-state index contributed by atoms with van der Waals surface area (Å²) in [6, 6.07) is 12.5. The van der Waals surface area contributed by atoms with E-state index in [4.69, 9.17) is 25.8 Å². The van der Waals surface area contributed by atoms with Gasteiger partial charge in [-0.25, -0.2) is 4.79 Å². The molecule has 0 aliphatic carbocycles. The summed E-state index contributed by atoms with van der Waals surface area (Å²) in [5.41, 5.74) is 2.49. The molecular formula is C40H52ClN7O8S. The summed E-state index contributed by atoms with van der Waals surface area (Å²) in [5, 5.41) is 27.3. The van der Waals surface area contributed by atoms with Crippen LogP contribution in [0.3, 0.4) is 0 Å². The molecule has 3 aliphatic heterocycles. The Morgan fingerprint density at radius 3 is 2.39 bits per heavy atom. The van der Waals surface area contributed by atoms with Crippen molar-refractivity contribution < 1.29 is 38.5 Å². The third-order valence-corrected chi connectivity index (χ3v) is 12.1. The maximum atomic E-state index is 13.3. The molecule has 3 aromatic rings. The molecule has 3 fully saturated rings. The number of unbranched alkanes of at least 4 members (excludes halogenated alkanes) is 1. The second-order valence-corrected chi connectivity index (χ2v) is 15.9. The number of hydrogen-bond donors (Lipinski definition) is 6. The second-order valence-electron chi connectivity index (χ2n) is 14.2. The predicted molar refractivity (Wildman–Crippen MR) is 219 cm³/mol. The molecule has 57 heavy (non-hydrogen) atoms. The van der Waals surface area contributed by atoms with E-state index in [-0.39, 0.29) is 67.6 Å². The minimum absolute atomic E-state index is 0.00299. The molecule has 6 N–H and O–H groups in total. The quantitative estimate of drug-likeness (QED) is 0.0682. The number of rotatable bonds is 21. The third-order valence-electron chi connectivity index (χ3n) is 10.2. The highest BCUT2D eigenvalue weighted by Gasteiger charge is 2.42. The number of benzene rings is 2. The maximum absolute atomic E-state index is 13.3. The van der Waals surface area contributed by atoms with Gasteiger partial charge in [0.25, 0.3) is 0 Å². The molecule has 3 saturated heterocycles.